The van der Waals surface area contributed by atoms with Gasteiger partial charge >= 0.3 is 6.03 Å². The smallest absolute Gasteiger partial charge is 0.326 e. The summed E-state index contributed by atoms with van der Waals surface area (Å²) in [5.41, 5.74) is 1.57. The molecule has 0 spiro atoms. The van der Waals surface area contributed by atoms with E-state index in [4.69, 9.17) is 4.74 Å². The third kappa shape index (κ3) is 2.63. The molecule has 1 aliphatic heterocycles. The summed E-state index contributed by atoms with van der Waals surface area (Å²) in [6, 6.07) is 14.9. The van der Waals surface area contributed by atoms with Crippen molar-refractivity contribution in [2.75, 3.05) is 23.4 Å². The Labute approximate surface area is 125 Å². The van der Waals surface area contributed by atoms with Crippen molar-refractivity contribution in [2.45, 2.75) is 0 Å². The molecule has 4 nitrogen and oxygen atoms in total. The number of para-hydroxylation sites is 2. The number of hydrogen-bond acceptors (Lipinski definition) is 2. The van der Waals surface area contributed by atoms with Crippen molar-refractivity contribution in [2.24, 2.45) is 0 Å². The lowest BCUT2D eigenvalue weighted by atomic mass is 10.2. The molecule has 0 aromatic heterocycles. The lowest BCUT2D eigenvalue weighted by Gasteiger charge is -2.29. The lowest BCUT2D eigenvalue weighted by molar-refractivity contribution is 0.250. The van der Waals surface area contributed by atoms with Crippen molar-refractivity contribution in [3.05, 3.63) is 53.0 Å². The highest BCUT2D eigenvalue weighted by atomic mass is 79.9. The summed E-state index contributed by atoms with van der Waals surface area (Å²) in [7, 11) is 0. The molecule has 0 atom stereocenters. The highest BCUT2D eigenvalue weighted by molar-refractivity contribution is 9.10. The number of hydrogen-bond donors (Lipinski definition) is 1. The van der Waals surface area contributed by atoms with Gasteiger partial charge < -0.3 is 10.1 Å². The van der Waals surface area contributed by atoms with E-state index < -0.39 is 0 Å². The van der Waals surface area contributed by atoms with E-state index in [2.05, 4.69) is 21.2 Å². The van der Waals surface area contributed by atoms with Crippen LogP contribution in [0.3, 0.4) is 0 Å². The second kappa shape index (κ2) is 5.54. The lowest BCUT2D eigenvalue weighted by Crippen LogP contribution is -2.40. The number of urea groups is 1. The number of amides is 2. The Kier molecular flexibility index (Phi) is 3.60. The van der Waals surface area contributed by atoms with Crippen LogP contribution in [-0.2, 0) is 0 Å². The Hall–Kier alpha value is -2.01. The summed E-state index contributed by atoms with van der Waals surface area (Å²) in [5.74, 6) is 0.740. The average Bonchev–Trinajstić information content (AvgIpc) is 2.49. The molecular weight excluding hydrogens is 320 g/mol. The first-order chi connectivity index (χ1) is 9.74. The van der Waals surface area contributed by atoms with Crippen molar-refractivity contribution >= 4 is 33.3 Å². The molecule has 0 saturated carbocycles. The second-order valence-electron chi connectivity index (χ2n) is 4.40. The third-order valence-corrected chi connectivity index (χ3v) is 3.60. The van der Waals surface area contributed by atoms with Crippen LogP contribution in [0.15, 0.2) is 53.0 Å². The van der Waals surface area contributed by atoms with Gasteiger partial charge in [0.05, 0.1) is 12.2 Å². The summed E-state index contributed by atoms with van der Waals surface area (Å²) in [5, 5.41) is 2.89. The third-order valence-electron chi connectivity index (χ3n) is 3.07. The Bertz CT molecular complexity index is 628. The van der Waals surface area contributed by atoms with Gasteiger partial charge in [0.1, 0.15) is 12.4 Å². The minimum absolute atomic E-state index is 0.150. The molecule has 0 bridgehead atoms. The fraction of sp³-hybridized carbons (Fsp3) is 0.133. The van der Waals surface area contributed by atoms with E-state index in [9.17, 15) is 4.79 Å². The van der Waals surface area contributed by atoms with Gasteiger partial charge in [-0.05, 0) is 36.4 Å². The first-order valence-corrected chi connectivity index (χ1v) is 7.09. The largest absolute Gasteiger partial charge is 0.490 e. The van der Waals surface area contributed by atoms with E-state index in [-0.39, 0.29) is 6.03 Å². The van der Waals surface area contributed by atoms with Gasteiger partial charge in [0, 0.05) is 10.2 Å². The van der Waals surface area contributed by atoms with Crippen LogP contribution in [0.4, 0.5) is 16.2 Å². The fourth-order valence-corrected chi connectivity index (χ4v) is 2.37. The van der Waals surface area contributed by atoms with Gasteiger partial charge in [-0.1, -0.05) is 28.1 Å². The topological polar surface area (TPSA) is 41.6 Å². The number of anilines is 2. The summed E-state index contributed by atoms with van der Waals surface area (Å²) in [6.45, 7) is 1.05. The number of halogens is 1. The van der Waals surface area contributed by atoms with E-state index in [0.717, 1.165) is 21.6 Å². The van der Waals surface area contributed by atoms with Gasteiger partial charge in [-0.25, -0.2) is 4.79 Å². The van der Waals surface area contributed by atoms with Crippen LogP contribution in [0.25, 0.3) is 0 Å². The number of nitrogens with zero attached hydrogens (tertiary/aromatic N) is 1. The molecule has 1 heterocycles. The molecule has 0 fully saturated rings. The standard InChI is InChI=1S/C15H13BrN2O2/c16-11-5-7-12(8-6-11)17-15(19)18-9-10-20-14-4-2-1-3-13(14)18/h1-8H,9-10H2,(H,17,19). The predicted octanol–water partition coefficient (Wildman–Crippen LogP) is 3.88. The number of carbonyl (C=O) groups is 1. The molecule has 0 radical (unpaired) electrons. The Morgan fingerprint density at radius 2 is 1.90 bits per heavy atom. The normalized spacial score (nSPS) is 13.3. The van der Waals surface area contributed by atoms with E-state index in [1.54, 1.807) is 4.90 Å². The SMILES string of the molecule is O=C(Nc1ccc(Br)cc1)N1CCOc2ccccc21. The molecule has 5 heteroatoms. The maximum absolute atomic E-state index is 12.4. The predicted molar refractivity (Wildman–Crippen MR) is 82.4 cm³/mol. The minimum atomic E-state index is -0.150. The van der Waals surface area contributed by atoms with Crippen molar-refractivity contribution in [1.29, 1.82) is 0 Å². The summed E-state index contributed by atoms with van der Waals surface area (Å²) in [6.07, 6.45) is 0. The molecule has 0 saturated heterocycles. The Morgan fingerprint density at radius 3 is 2.70 bits per heavy atom. The fourth-order valence-electron chi connectivity index (χ4n) is 2.10. The van der Waals surface area contributed by atoms with Crippen LogP contribution < -0.4 is 15.0 Å². The molecule has 3 rings (SSSR count). The highest BCUT2D eigenvalue weighted by Gasteiger charge is 2.23. The van der Waals surface area contributed by atoms with Gasteiger partial charge in [0.15, 0.2) is 0 Å². The number of carbonyl (C=O) groups excluding carboxylic acids is 1. The highest BCUT2D eigenvalue weighted by Crippen LogP contribution is 2.31. The first kappa shape index (κ1) is 13.0. The molecule has 1 N–H and O–H groups in total. The van der Waals surface area contributed by atoms with Gasteiger partial charge in [0.25, 0.3) is 0 Å². The molecule has 0 unspecified atom stereocenters. The van der Waals surface area contributed by atoms with E-state index in [1.807, 2.05) is 48.5 Å². The number of benzene rings is 2. The molecule has 20 heavy (non-hydrogen) atoms. The molecule has 102 valence electrons. The summed E-state index contributed by atoms with van der Waals surface area (Å²) in [4.78, 5) is 14.1. The van der Waals surface area contributed by atoms with Gasteiger partial charge in [-0.2, -0.15) is 0 Å². The van der Waals surface area contributed by atoms with E-state index in [0.29, 0.717) is 13.2 Å². The molecule has 2 aromatic rings. The Balaban J connectivity index is 1.80. The van der Waals surface area contributed by atoms with Crippen molar-refractivity contribution in [3.8, 4) is 5.75 Å². The second-order valence-corrected chi connectivity index (χ2v) is 5.32. The summed E-state index contributed by atoms with van der Waals surface area (Å²) < 4.78 is 6.52. The van der Waals surface area contributed by atoms with Crippen LogP contribution in [-0.4, -0.2) is 19.2 Å². The van der Waals surface area contributed by atoms with Gasteiger partial charge in [-0.15, -0.1) is 0 Å². The Morgan fingerprint density at radius 1 is 1.15 bits per heavy atom. The molecule has 0 aliphatic carbocycles. The van der Waals surface area contributed by atoms with Crippen LogP contribution in [0.5, 0.6) is 5.75 Å². The van der Waals surface area contributed by atoms with E-state index in [1.165, 1.54) is 0 Å². The van der Waals surface area contributed by atoms with Crippen LogP contribution in [0.1, 0.15) is 0 Å². The molecule has 1 aliphatic rings. The van der Waals surface area contributed by atoms with Crippen molar-refractivity contribution < 1.29 is 9.53 Å². The number of fused-ring (bicyclic) bond motifs is 1. The quantitative estimate of drug-likeness (QED) is 0.860. The molecule has 2 amide bonds. The zero-order valence-corrected chi connectivity index (χ0v) is 12.3. The maximum Gasteiger partial charge on any atom is 0.326 e. The van der Waals surface area contributed by atoms with Gasteiger partial charge in [0.2, 0.25) is 0 Å². The van der Waals surface area contributed by atoms with E-state index >= 15 is 0 Å². The van der Waals surface area contributed by atoms with Crippen LogP contribution in [0.2, 0.25) is 0 Å². The van der Waals surface area contributed by atoms with Crippen LogP contribution >= 0.6 is 15.9 Å². The zero-order valence-electron chi connectivity index (χ0n) is 10.7. The maximum atomic E-state index is 12.4. The number of nitrogens with one attached hydrogen (secondary N) is 1. The zero-order chi connectivity index (χ0) is 13.9. The van der Waals surface area contributed by atoms with Crippen molar-refractivity contribution in [3.63, 3.8) is 0 Å². The van der Waals surface area contributed by atoms with Crippen LogP contribution in [0, 0.1) is 0 Å². The summed E-state index contributed by atoms with van der Waals surface area (Å²) >= 11 is 3.37. The first-order valence-electron chi connectivity index (χ1n) is 6.30. The monoisotopic (exact) mass is 332 g/mol. The number of rotatable bonds is 1. The average molecular weight is 333 g/mol. The number of ether oxygens (including phenoxy) is 1. The molecule has 2 aromatic carbocycles. The van der Waals surface area contributed by atoms with Gasteiger partial charge in [-0.3, -0.25) is 4.90 Å². The molecular formula is C15H13BrN2O2. The minimum Gasteiger partial charge on any atom is -0.490 e. The van der Waals surface area contributed by atoms with Crippen molar-refractivity contribution in [1.82, 2.24) is 0 Å².